The maximum Gasteiger partial charge on any atom is 0.0420 e. The summed E-state index contributed by atoms with van der Waals surface area (Å²) in [5.41, 5.74) is 8.93. The van der Waals surface area contributed by atoms with E-state index >= 15 is 0 Å². The molecule has 1 atom stereocenters. The summed E-state index contributed by atoms with van der Waals surface area (Å²) in [6.07, 6.45) is 0. The fourth-order valence-electron chi connectivity index (χ4n) is 1.27. The number of nitrogens with one attached hydrogen (secondary N) is 1. The van der Waals surface area contributed by atoms with E-state index in [-0.39, 0.29) is 0 Å². The zero-order valence-electron chi connectivity index (χ0n) is 9.17. The first-order valence-electron chi connectivity index (χ1n) is 5.00. The van der Waals surface area contributed by atoms with E-state index in [1.165, 1.54) is 5.56 Å². The molecule has 1 aromatic heterocycles. The van der Waals surface area contributed by atoms with Gasteiger partial charge in [-0.2, -0.15) is 0 Å². The van der Waals surface area contributed by atoms with Crippen LogP contribution in [0.5, 0.6) is 0 Å². The predicted octanol–water partition coefficient (Wildman–Crippen LogP) is 1.14. The van der Waals surface area contributed by atoms with E-state index in [2.05, 4.69) is 23.3 Å². The van der Waals surface area contributed by atoms with Crippen molar-refractivity contribution in [2.24, 2.45) is 5.73 Å². The monoisotopic (exact) mass is 193 g/mol. The highest BCUT2D eigenvalue weighted by atomic mass is 14.9. The highest BCUT2D eigenvalue weighted by molar-refractivity contribution is 5.21. The third kappa shape index (κ3) is 3.09. The van der Waals surface area contributed by atoms with Crippen LogP contribution in [0.1, 0.15) is 23.9 Å². The Morgan fingerprint density at radius 3 is 2.71 bits per heavy atom. The van der Waals surface area contributed by atoms with Crippen LogP contribution in [0.15, 0.2) is 12.1 Å². The molecule has 0 aromatic carbocycles. The van der Waals surface area contributed by atoms with Crippen LogP contribution in [-0.4, -0.2) is 17.6 Å². The fraction of sp³-hybridized carbons (Fsp3) is 0.545. The average Bonchev–Trinajstić information content (AvgIpc) is 2.16. The second kappa shape index (κ2) is 5.08. The van der Waals surface area contributed by atoms with Crippen LogP contribution in [0.3, 0.4) is 0 Å². The molecule has 3 heteroatoms. The Labute approximate surface area is 85.7 Å². The lowest BCUT2D eigenvalue weighted by Crippen LogP contribution is -2.32. The Hall–Kier alpha value is -0.930. The molecule has 3 nitrogen and oxygen atoms in total. The predicted molar refractivity (Wildman–Crippen MR) is 59.1 cm³/mol. The van der Waals surface area contributed by atoms with Gasteiger partial charge >= 0.3 is 0 Å². The molecule has 0 aliphatic carbocycles. The molecule has 1 rings (SSSR count). The highest BCUT2D eigenvalue weighted by Crippen LogP contribution is 2.05. The van der Waals surface area contributed by atoms with Crippen molar-refractivity contribution in [1.82, 2.24) is 10.3 Å². The first-order chi connectivity index (χ1) is 6.63. The molecule has 1 aromatic rings. The number of nitrogens with zero attached hydrogens (tertiary/aromatic N) is 1. The van der Waals surface area contributed by atoms with E-state index in [9.17, 15) is 0 Å². The van der Waals surface area contributed by atoms with Crippen LogP contribution in [0, 0.1) is 13.8 Å². The second-order valence-electron chi connectivity index (χ2n) is 3.71. The smallest absolute Gasteiger partial charge is 0.0420 e. The number of aryl methyl sites for hydroxylation is 2. The number of aromatic nitrogens is 1. The average molecular weight is 193 g/mol. The Bertz CT molecular complexity index is 297. The molecular weight excluding hydrogens is 174 g/mol. The van der Waals surface area contributed by atoms with Crippen molar-refractivity contribution in [3.05, 3.63) is 29.1 Å². The lowest BCUT2D eigenvalue weighted by atomic mass is 10.2. The third-order valence-electron chi connectivity index (χ3n) is 2.33. The minimum Gasteiger partial charge on any atom is -0.329 e. The standard InChI is InChI=1S/C11H19N3/c1-8-4-5-11(10(3)14-8)7-13-9(2)6-12/h4-5,9,13H,6-7,12H2,1-3H3. The zero-order chi connectivity index (χ0) is 10.6. The molecule has 0 saturated carbocycles. The molecule has 0 saturated heterocycles. The largest absolute Gasteiger partial charge is 0.329 e. The van der Waals surface area contributed by atoms with Crippen molar-refractivity contribution >= 4 is 0 Å². The second-order valence-corrected chi connectivity index (χ2v) is 3.71. The number of rotatable bonds is 4. The van der Waals surface area contributed by atoms with Crippen LogP contribution in [0.2, 0.25) is 0 Å². The molecule has 0 spiro atoms. The van der Waals surface area contributed by atoms with E-state index in [1.807, 2.05) is 19.9 Å². The van der Waals surface area contributed by atoms with Crippen molar-refractivity contribution in [2.75, 3.05) is 6.54 Å². The van der Waals surface area contributed by atoms with Crippen molar-refractivity contribution in [3.63, 3.8) is 0 Å². The van der Waals surface area contributed by atoms with Gasteiger partial charge in [0.2, 0.25) is 0 Å². The first kappa shape index (κ1) is 11.1. The van der Waals surface area contributed by atoms with Gasteiger partial charge in [0, 0.05) is 30.5 Å². The highest BCUT2D eigenvalue weighted by Gasteiger charge is 2.02. The molecule has 0 aliphatic rings. The van der Waals surface area contributed by atoms with Gasteiger partial charge in [0.1, 0.15) is 0 Å². The topological polar surface area (TPSA) is 50.9 Å². The summed E-state index contributed by atoms with van der Waals surface area (Å²) in [5, 5.41) is 3.34. The van der Waals surface area contributed by atoms with Crippen molar-refractivity contribution in [2.45, 2.75) is 33.4 Å². The van der Waals surface area contributed by atoms with Crippen LogP contribution in [-0.2, 0) is 6.54 Å². The van der Waals surface area contributed by atoms with Gasteiger partial charge in [0.05, 0.1) is 0 Å². The molecule has 1 heterocycles. The lowest BCUT2D eigenvalue weighted by molar-refractivity contribution is 0.554. The Morgan fingerprint density at radius 1 is 1.43 bits per heavy atom. The van der Waals surface area contributed by atoms with E-state index in [4.69, 9.17) is 5.73 Å². The van der Waals surface area contributed by atoms with Gasteiger partial charge in [-0.05, 0) is 32.4 Å². The maximum atomic E-state index is 5.52. The zero-order valence-corrected chi connectivity index (χ0v) is 9.17. The van der Waals surface area contributed by atoms with Gasteiger partial charge in [0.15, 0.2) is 0 Å². The summed E-state index contributed by atoms with van der Waals surface area (Å²) in [4.78, 5) is 4.41. The summed E-state index contributed by atoms with van der Waals surface area (Å²) < 4.78 is 0. The molecule has 0 bridgehead atoms. The van der Waals surface area contributed by atoms with Gasteiger partial charge in [-0.3, -0.25) is 4.98 Å². The van der Waals surface area contributed by atoms with E-state index in [0.717, 1.165) is 17.9 Å². The molecular formula is C11H19N3. The van der Waals surface area contributed by atoms with E-state index < -0.39 is 0 Å². The Kier molecular flexibility index (Phi) is 4.04. The fourth-order valence-corrected chi connectivity index (χ4v) is 1.27. The SMILES string of the molecule is Cc1ccc(CNC(C)CN)c(C)n1. The van der Waals surface area contributed by atoms with Crippen molar-refractivity contribution in [3.8, 4) is 0 Å². The van der Waals surface area contributed by atoms with Crippen LogP contribution in [0.4, 0.5) is 0 Å². The summed E-state index contributed by atoms with van der Waals surface area (Å²) in [6, 6.07) is 4.51. The van der Waals surface area contributed by atoms with Crippen LogP contribution >= 0.6 is 0 Å². The van der Waals surface area contributed by atoms with Gasteiger partial charge in [0.25, 0.3) is 0 Å². The number of hydrogen-bond donors (Lipinski definition) is 2. The number of nitrogens with two attached hydrogens (primary N) is 1. The summed E-state index contributed by atoms with van der Waals surface area (Å²) in [5.74, 6) is 0. The summed E-state index contributed by atoms with van der Waals surface area (Å²) in [6.45, 7) is 7.64. The van der Waals surface area contributed by atoms with Crippen molar-refractivity contribution < 1.29 is 0 Å². The van der Waals surface area contributed by atoms with E-state index in [1.54, 1.807) is 0 Å². The lowest BCUT2D eigenvalue weighted by Gasteiger charge is -2.12. The van der Waals surface area contributed by atoms with Gasteiger partial charge in [-0.25, -0.2) is 0 Å². The molecule has 3 N–H and O–H groups in total. The minimum atomic E-state index is 0.357. The molecule has 0 aliphatic heterocycles. The van der Waals surface area contributed by atoms with Crippen LogP contribution < -0.4 is 11.1 Å². The number of pyridine rings is 1. The minimum absolute atomic E-state index is 0.357. The first-order valence-corrected chi connectivity index (χ1v) is 5.00. The molecule has 0 fully saturated rings. The Morgan fingerprint density at radius 2 is 2.14 bits per heavy atom. The third-order valence-corrected chi connectivity index (χ3v) is 2.33. The van der Waals surface area contributed by atoms with Crippen molar-refractivity contribution in [1.29, 1.82) is 0 Å². The molecule has 78 valence electrons. The van der Waals surface area contributed by atoms with E-state index in [0.29, 0.717) is 12.6 Å². The maximum absolute atomic E-state index is 5.52. The number of hydrogen-bond acceptors (Lipinski definition) is 3. The van der Waals surface area contributed by atoms with Crippen LogP contribution in [0.25, 0.3) is 0 Å². The van der Waals surface area contributed by atoms with Gasteiger partial charge in [-0.15, -0.1) is 0 Å². The summed E-state index contributed by atoms with van der Waals surface area (Å²) >= 11 is 0. The molecule has 14 heavy (non-hydrogen) atoms. The normalized spacial score (nSPS) is 12.9. The van der Waals surface area contributed by atoms with Gasteiger partial charge in [-0.1, -0.05) is 6.07 Å². The molecule has 1 unspecified atom stereocenters. The molecule has 0 amide bonds. The Balaban J connectivity index is 2.59. The van der Waals surface area contributed by atoms with Gasteiger partial charge < -0.3 is 11.1 Å². The summed E-state index contributed by atoms with van der Waals surface area (Å²) in [7, 11) is 0. The quantitative estimate of drug-likeness (QED) is 0.754. The molecule has 0 radical (unpaired) electrons.